The van der Waals surface area contributed by atoms with E-state index in [1.807, 2.05) is 24.3 Å². The first-order chi connectivity index (χ1) is 29.0. The second-order valence-corrected chi connectivity index (χ2v) is 15.8. The van der Waals surface area contributed by atoms with Gasteiger partial charge in [0.05, 0.1) is 51.9 Å². The summed E-state index contributed by atoms with van der Waals surface area (Å²) < 4.78 is 35.1. The Labute approximate surface area is 353 Å². The molecular weight excluding hydrogens is 763 g/mol. The Bertz CT molecular complexity index is 2030. The van der Waals surface area contributed by atoms with Crippen LogP contribution in [0, 0.1) is 0 Å². The summed E-state index contributed by atoms with van der Waals surface area (Å²) in [5.74, 6) is 3.38. The van der Waals surface area contributed by atoms with Crippen molar-refractivity contribution in [3.63, 3.8) is 0 Å². The van der Waals surface area contributed by atoms with E-state index in [-0.39, 0.29) is 5.78 Å². The van der Waals surface area contributed by atoms with E-state index in [0.717, 1.165) is 72.9 Å². The Morgan fingerprint density at radius 2 is 1.25 bits per heavy atom. The third-order valence-corrected chi connectivity index (χ3v) is 11.8. The number of ether oxygens (including phenoxy) is 6. The molecule has 1 saturated heterocycles. The van der Waals surface area contributed by atoms with Crippen LogP contribution >= 0.6 is 11.3 Å². The van der Waals surface area contributed by atoms with E-state index in [1.165, 1.54) is 83.8 Å². The zero-order valence-electron chi connectivity index (χ0n) is 35.1. The molecule has 10 nitrogen and oxygen atoms in total. The highest BCUT2D eigenvalue weighted by atomic mass is 32.1. The highest BCUT2D eigenvalue weighted by molar-refractivity contribution is 7.21. The van der Waals surface area contributed by atoms with Crippen molar-refractivity contribution in [1.82, 2.24) is 14.8 Å². The van der Waals surface area contributed by atoms with E-state index in [9.17, 15) is 4.79 Å². The molecule has 1 aromatic heterocycles. The van der Waals surface area contributed by atoms with Crippen LogP contribution in [0.5, 0.6) is 34.5 Å². The van der Waals surface area contributed by atoms with Gasteiger partial charge in [-0.05, 0) is 111 Å². The number of ketones is 1. The molecule has 5 aromatic rings. The fraction of sp³-hybridized carbons (Fsp3) is 0.417. The Morgan fingerprint density at radius 3 is 1.86 bits per heavy atom. The third-order valence-electron chi connectivity index (χ3n) is 10.7. The lowest BCUT2D eigenvalue weighted by atomic mass is 10.1. The van der Waals surface area contributed by atoms with Gasteiger partial charge in [-0.25, -0.2) is 4.98 Å². The number of benzene rings is 4. The topological polar surface area (TPSA) is 91.8 Å². The minimum absolute atomic E-state index is 0.186. The molecule has 1 aliphatic rings. The van der Waals surface area contributed by atoms with Crippen molar-refractivity contribution < 1.29 is 33.2 Å². The zero-order valence-corrected chi connectivity index (χ0v) is 35.9. The average molecular weight is 822 g/mol. The van der Waals surface area contributed by atoms with Gasteiger partial charge in [-0.2, -0.15) is 0 Å². The highest BCUT2D eigenvalue weighted by Gasteiger charge is 2.17. The van der Waals surface area contributed by atoms with E-state index < -0.39 is 0 Å². The molecule has 0 atom stereocenters. The van der Waals surface area contributed by atoms with Gasteiger partial charge < -0.3 is 38.2 Å². The molecule has 0 saturated carbocycles. The second kappa shape index (κ2) is 22.9. The maximum atomic E-state index is 13.0. The van der Waals surface area contributed by atoms with Crippen molar-refractivity contribution in [2.24, 2.45) is 0 Å². The smallest absolute Gasteiger partial charge is 0.203 e. The van der Waals surface area contributed by atoms with E-state index in [2.05, 4.69) is 52.3 Å². The van der Waals surface area contributed by atoms with Crippen LogP contribution < -0.4 is 28.4 Å². The molecule has 0 aliphatic carbocycles. The average Bonchev–Trinajstić information content (AvgIpc) is 3.72. The van der Waals surface area contributed by atoms with Crippen molar-refractivity contribution in [3.8, 4) is 45.1 Å². The summed E-state index contributed by atoms with van der Waals surface area (Å²) in [5, 5.41) is 1.05. The van der Waals surface area contributed by atoms with Gasteiger partial charge in [0, 0.05) is 37.3 Å². The van der Waals surface area contributed by atoms with E-state index >= 15 is 0 Å². The first-order valence-electron chi connectivity index (χ1n) is 20.8. The number of hydrogen-bond donors (Lipinski definition) is 0. The first kappa shape index (κ1) is 43.5. The van der Waals surface area contributed by atoms with Gasteiger partial charge in [0.25, 0.3) is 0 Å². The number of carbonyl (C=O) groups is 1. The van der Waals surface area contributed by atoms with Crippen molar-refractivity contribution in [2.75, 3.05) is 80.9 Å². The molecular formula is C48H59N3O7S. The third kappa shape index (κ3) is 12.7. The number of carbonyl (C=O) groups excluding carboxylic acids is 1. The summed E-state index contributed by atoms with van der Waals surface area (Å²) in [6.07, 6.45) is 12.6. The normalized spacial score (nSPS) is 13.5. The minimum Gasteiger partial charge on any atom is -0.494 e. The van der Waals surface area contributed by atoms with Crippen molar-refractivity contribution in [1.29, 1.82) is 0 Å². The van der Waals surface area contributed by atoms with Gasteiger partial charge in [0.2, 0.25) is 5.75 Å². The van der Waals surface area contributed by atoms with Crippen LogP contribution in [-0.4, -0.2) is 101 Å². The standard InChI is InChI=1S/C48H59N3O7S/c1-53-42-24-18-36(17-23-41(52)38-34-44(54-2)47(56-4)45(35-38)55-3)33-43(42)58-32-14-8-6-12-26-51-29-27-50(28-30-51)25-11-5-7-13-31-57-39-21-19-37(20-22-39)48-49-40-15-9-10-16-46(40)59-48/h9-10,15-24,33-35H,5-8,11-14,25-32H2,1-4H3/b23-17+. The lowest BCUT2D eigenvalue weighted by Crippen LogP contribution is -2.46. The van der Waals surface area contributed by atoms with Gasteiger partial charge in [-0.3, -0.25) is 4.79 Å². The van der Waals surface area contributed by atoms with Crippen LogP contribution in [0.3, 0.4) is 0 Å². The van der Waals surface area contributed by atoms with Crippen LogP contribution in [0.1, 0.15) is 67.3 Å². The first-order valence-corrected chi connectivity index (χ1v) is 21.7. The second-order valence-electron chi connectivity index (χ2n) is 14.7. The summed E-state index contributed by atoms with van der Waals surface area (Å²) in [5.41, 5.74) is 3.46. The van der Waals surface area contributed by atoms with Gasteiger partial charge in [-0.1, -0.05) is 50.0 Å². The number of nitrogens with zero attached hydrogens (tertiary/aromatic N) is 3. The molecule has 0 bridgehead atoms. The zero-order chi connectivity index (χ0) is 41.2. The lowest BCUT2D eigenvalue weighted by molar-refractivity contribution is 0.104. The summed E-state index contributed by atoms with van der Waals surface area (Å²) in [7, 11) is 6.22. The maximum absolute atomic E-state index is 13.0. The Kier molecular flexibility index (Phi) is 16.9. The summed E-state index contributed by atoms with van der Waals surface area (Å²) in [4.78, 5) is 23.0. The van der Waals surface area contributed by atoms with Gasteiger partial charge in [-0.15, -0.1) is 11.3 Å². The molecule has 11 heteroatoms. The van der Waals surface area contributed by atoms with Gasteiger partial charge in [0.1, 0.15) is 10.8 Å². The molecule has 0 N–H and O–H groups in total. The SMILES string of the molecule is COc1ccc(/C=C/C(=O)c2cc(OC)c(OC)c(OC)c2)cc1OCCCCCCN1CCN(CCCCCCOc2ccc(-c3nc4ccccc4s3)cc2)CC1. The molecule has 4 aromatic carbocycles. The maximum Gasteiger partial charge on any atom is 0.203 e. The van der Waals surface area contributed by atoms with Gasteiger partial charge in [0.15, 0.2) is 28.8 Å². The molecule has 0 unspecified atom stereocenters. The van der Waals surface area contributed by atoms with Crippen LogP contribution in [0.2, 0.25) is 0 Å². The largest absolute Gasteiger partial charge is 0.494 e. The summed E-state index contributed by atoms with van der Waals surface area (Å²) in [6, 6.07) is 25.6. The predicted octanol–water partition coefficient (Wildman–Crippen LogP) is 10.1. The number of rotatable bonds is 24. The van der Waals surface area contributed by atoms with Crippen molar-refractivity contribution >= 4 is 33.4 Å². The number of thiazole rings is 1. The quantitative estimate of drug-likeness (QED) is 0.0340. The van der Waals surface area contributed by atoms with Crippen LogP contribution in [0.15, 0.2) is 84.9 Å². The number of methoxy groups -OCH3 is 4. The number of hydrogen-bond acceptors (Lipinski definition) is 11. The van der Waals surface area contributed by atoms with Gasteiger partial charge >= 0.3 is 0 Å². The fourth-order valence-electron chi connectivity index (χ4n) is 7.28. The number of piperazine rings is 1. The summed E-state index contributed by atoms with van der Waals surface area (Å²) >= 11 is 1.73. The fourth-order valence-corrected chi connectivity index (χ4v) is 8.25. The number of aromatic nitrogens is 1. The molecule has 1 aliphatic heterocycles. The molecule has 59 heavy (non-hydrogen) atoms. The Hall–Kier alpha value is -5.10. The van der Waals surface area contributed by atoms with Crippen molar-refractivity contribution in [3.05, 3.63) is 96.1 Å². The van der Waals surface area contributed by atoms with E-state index in [4.69, 9.17) is 33.4 Å². The molecule has 6 rings (SSSR count). The molecule has 0 spiro atoms. The highest BCUT2D eigenvalue weighted by Crippen LogP contribution is 2.38. The van der Waals surface area contributed by atoms with Crippen molar-refractivity contribution in [2.45, 2.75) is 51.4 Å². The Balaban J connectivity index is 0.790. The molecule has 1 fully saturated rings. The molecule has 314 valence electrons. The number of unbranched alkanes of at least 4 members (excludes halogenated alkanes) is 6. The van der Waals surface area contributed by atoms with Crippen LogP contribution in [0.4, 0.5) is 0 Å². The monoisotopic (exact) mass is 821 g/mol. The summed E-state index contributed by atoms with van der Waals surface area (Å²) in [6.45, 7) is 8.38. The number of fused-ring (bicyclic) bond motifs is 1. The lowest BCUT2D eigenvalue weighted by Gasteiger charge is -2.34. The predicted molar refractivity (Wildman–Crippen MR) is 238 cm³/mol. The Morgan fingerprint density at radius 1 is 0.644 bits per heavy atom. The molecule has 2 heterocycles. The minimum atomic E-state index is -0.186. The van der Waals surface area contributed by atoms with Crippen LogP contribution in [-0.2, 0) is 0 Å². The van der Waals surface area contributed by atoms with E-state index in [1.54, 1.807) is 36.7 Å². The number of para-hydroxylation sites is 1. The van der Waals surface area contributed by atoms with Crippen LogP contribution in [0.25, 0.3) is 26.9 Å². The molecule has 0 amide bonds. The van der Waals surface area contributed by atoms with E-state index in [0.29, 0.717) is 40.9 Å². The number of allylic oxidation sites excluding steroid dienone is 1. The molecule has 0 radical (unpaired) electrons.